The van der Waals surface area contributed by atoms with Gasteiger partial charge in [0.25, 0.3) is 0 Å². The van der Waals surface area contributed by atoms with E-state index in [-0.39, 0.29) is 6.04 Å². The molecule has 0 spiro atoms. The Hall–Kier alpha value is -0.730. The Morgan fingerprint density at radius 3 is 2.86 bits per heavy atom. The molecule has 0 aromatic carbocycles. The van der Waals surface area contributed by atoms with Gasteiger partial charge in [-0.3, -0.25) is 0 Å². The molecule has 2 N–H and O–H groups in total. The summed E-state index contributed by atoms with van der Waals surface area (Å²) in [5.41, 5.74) is 0. The largest absolute Gasteiger partial charge is 0.309 e. The second kappa shape index (κ2) is 6.18. The highest BCUT2D eigenvalue weighted by atomic mass is 32.2. The Labute approximate surface area is 133 Å². The van der Waals surface area contributed by atoms with Crippen molar-refractivity contribution in [2.75, 3.05) is 0 Å². The molecule has 0 aliphatic heterocycles. The van der Waals surface area contributed by atoms with Crippen LogP contribution in [0.2, 0.25) is 0 Å². The van der Waals surface area contributed by atoms with Crippen LogP contribution in [-0.4, -0.2) is 14.5 Å². The van der Waals surface area contributed by atoms with Gasteiger partial charge < -0.3 is 5.32 Å². The van der Waals surface area contributed by atoms with Gasteiger partial charge in [0.15, 0.2) is 0 Å². The molecule has 2 aromatic rings. The quantitative estimate of drug-likeness (QED) is 0.813. The van der Waals surface area contributed by atoms with Crippen LogP contribution in [0.4, 0.5) is 0 Å². The summed E-state index contributed by atoms with van der Waals surface area (Å²) in [6.45, 7) is 2.62. The first-order valence-corrected chi connectivity index (χ1v) is 10.2. The SMILES string of the molecule is CC(NS(=O)(=O)c1csc(CNC2CC2)c1)c1cccs1. The van der Waals surface area contributed by atoms with Crippen molar-refractivity contribution in [2.45, 2.75) is 43.3 Å². The van der Waals surface area contributed by atoms with Crippen LogP contribution in [0.3, 0.4) is 0 Å². The Balaban J connectivity index is 1.66. The lowest BCUT2D eigenvalue weighted by molar-refractivity contribution is 0.569. The molecule has 0 radical (unpaired) electrons. The zero-order chi connectivity index (χ0) is 14.9. The molecule has 1 aliphatic rings. The molecule has 1 fully saturated rings. The predicted molar refractivity (Wildman–Crippen MR) is 87.2 cm³/mol. The molecule has 1 saturated carbocycles. The molecule has 1 unspecified atom stereocenters. The predicted octanol–water partition coefficient (Wildman–Crippen LogP) is 3.10. The number of rotatable bonds is 7. The first kappa shape index (κ1) is 15.2. The minimum Gasteiger partial charge on any atom is -0.309 e. The van der Waals surface area contributed by atoms with E-state index < -0.39 is 10.0 Å². The zero-order valence-corrected chi connectivity index (χ0v) is 14.2. The molecule has 114 valence electrons. The smallest absolute Gasteiger partial charge is 0.241 e. The third kappa shape index (κ3) is 3.92. The van der Waals surface area contributed by atoms with Crippen molar-refractivity contribution in [3.8, 4) is 0 Å². The number of hydrogen-bond acceptors (Lipinski definition) is 5. The molecule has 7 heteroatoms. The summed E-state index contributed by atoms with van der Waals surface area (Å²) >= 11 is 3.05. The average Bonchev–Trinajstić information content (AvgIpc) is 2.96. The van der Waals surface area contributed by atoms with E-state index in [1.165, 1.54) is 24.2 Å². The third-order valence-electron chi connectivity index (χ3n) is 3.38. The molecule has 0 bridgehead atoms. The van der Waals surface area contributed by atoms with Crippen molar-refractivity contribution in [1.29, 1.82) is 0 Å². The Bertz CT molecular complexity index is 688. The second-order valence-electron chi connectivity index (χ2n) is 5.26. The molecule has 21 heavy (non-hydrogen) atoms. The van der Waals surface area contributed by atoms with Crippen molar-refractivity contribution in [3.63, 3.8) is 0 Å². The number of sulfonamides is 1. The highest BCUT2D eigenvalue weighted by Crippen LogP contribution is 2.25. The zero-order valence-electron chi connectivity index (χ0n) is 11.7. The van der Waals surface area contributed by atoms with Crippen LogP contribution in [0.5, 0.6) is 0 Å². The normalized spacial score (nSPS) is 17.0. The molecule has 2 aromatic heterocycles. The summed E-state index contributed by atoms with van der Waals surface area (Å²) in [4.78, 5) is 2.44. The van der Waals surface area contributed by atoms with Gasteiger partial charge in [0.05, 0.1) is 10.9 Å². The number of thiophene rings is 2. The first-order valence-electron chi connectivity index (χ1n) is 6.91. The highest BCUT2D eigenvalue weighted by molar-refractivity contribution is 7.89. The Kier molecular flexibility index (Phi) is 4.46. The van der Waals surface area contributed by atoms with Crippen LogP contribution in [0.15, 0.2) is 33.9 Å². The molecule has 3 rings (SSSR count). The van der Waals surface area contributed by atoms with E-state index in [2.05, 4.69) is 10.0 Å². The summed E-state index contributed by atoms with van der Waals surface area (Å²) in [6, 6.07) is 6.06. The van der Waals surface area contributed by atoms with Gasteiger partial charge >= 0.3 is 0 Å². The molecule has 4 nitrogen and oxygen atoms in total. The topological polar surface area (TPSA) is 58.2 Å². The van der Waals surface area contributed by atoms with Gasteiger partial charge in [0.1, 0.15) is 0 Å². The van der Waals surface area contributed by atoms with Gasteiger partial charge in [-0.1, -0.05) is 6.07 Å². The maximum Gasteiger partial charge on any atom is 0.241 e. The summed E-state index contributed by atoms with van der Waals surface area (Å²) in [6.07, 6.45) is 2.47. The molecular formula is C14H18N2O2S3. The Morgan fingerprint density at radius 1 is 1.38 bits per heavy atom. The molecule has 0 saturated heterocycles. The van der Waals surface area contributed by atoms with Gasteiger partial charge in [0.2, 0.25) is 10.0 Å². The minimum absolute atomic E-state index is 0.206. The second-order valence-corrected chi connectivity index (χ2v) is 8.95. The lowest BCUT2D eigenvalue weighted by atomic mass is 10.3. The average molecular weight is 343 g/mol. The van der Waals surface area contributed by atoms with Gasteiger partial charge in [-0.2, -0.15) is 0 Å². The Morgan fingerprint density at radius 2 is 2.19 bits per heavy atom. The highest BCUT2D eigenvalue weighted by Gasteiger charge is 2.22. The van der Waals surface area contributed by atoms with Gasteiger partial charge in [0, 0.05) is 27.7 Å². The summed E-state index contributed by atoms with van der Waals surface area (Å²) < 4.78 is 27.5. The van der Waals surface area contributed by atoms with Crippen LogP contribution in [-0.2, 0) is 16.6 Å². The third-order valence-corrected chi connectivity index (χ3v) is 7.05. The van der Waals surface area contributed by atoms with Crippen LogP contribution >= 0.6 is 22.7 Å². The van der Waals surface area contributed by atoms with Crippen LogP contribution in [0, 0.1) is 0 Å². The lowest BCUT2D eigenvalue weighted by Crippen LogP contribution is -2.26. The fraction of sp³-hybridized carbons (Fsp3) is 0.429. The molecule has 1 atom stereocenters. The van der Waals surface area contributed by atoms with E-state index in [0.717, 1.165) is 16.3 Å². The lowest BCUT2D eigenvalue weighted by Gasteiger charge is -2.11. The molecule has 1 aliphatic carbocycles. The van der Waals surface area contributed by atoms with E-state index in [4.69, 9.17) is 0 Å². The minimum atomic E-state index is -3.45. The van der Waals surface area contributed by atoms with Gasteiger partial charge in [-0.15, -0.1) is 22.7 Å². The van der Waals surface area contributed by atoms with E-state index >= 15 is 0 Å². The van der Waals surface area contributed by atoms with Crippen molar-refractivity contribution in [3.05, 3.63) is 38.7 Å². The van der Waals surface area contributed by atoms with Crippen LogP contribution in [0.25, 0.3) is 0 Å². The van der Waals surface area contributed by atoms with Crippen molar-refractivity contribution in [2.24, 2.45) is 0 Å². The number of hydrogen-bond donors (Lipinski definition) is 2. The van der Waals surface area contributed by atoms with Gasteiger partial charge in [-0.25, -0.2) is 13.1 Å². The fourth-order valence-electron chi connectivity index (χ4n) is 2.02. The standard InChI is InChI=1S/C14H18N2O2S3/c1-10(14-3-2-6-19-14)16-21(17,18)13-7-12(20-9-13)8-15-11-4-5-11/h2-3,6-7,9-11,15-16H,4-5,8H2,1H3. The molecular weight excluding hydrogens is 324 g/mol. The summed E-state index contributed by atoms with van der Waals surface area (Å²) in [7, 11) is -3.45. The van der Waals surface area contributed by atoms with Crippen molar-refractivity contribution >= 4 is 32.7 Å². The van der Waals surface area contributed by atoms with Crippen LogP contribution in [0.1, 0.15) is 35.6 Å². The molecule has 0 amide bonds. The molecule has 2 heterocycles. The first-order chi connectivity index (χ1) is 10.0. The maximum absolute atomic E-state index is 12.4. The van der Waals surface area contributed by atoms with E-state index in [1.807, 2.05) is 24.4 Å². The summed E-state index contributed by atoms with van der Waals surface area (Å²) in [5.74, 6) is 0. The van der Waals surface area contributed by atoms with Crippen molar-refractivity contribution in [1.82, 2.24) is 10.0 Å². The summed E-state index contributed by atoms with van der Waals surface area (Å²) in [5, 5.41) is 7.06. The number of nitrogens with one attached hydrogen (secondary N) is 2. The maximum atomic E-state index is 12.4. The van der Waals surface area contributed by atoms with E-state index in [1.54, 1.807) is 22.8 Å². The van der Waals surface area contributed by atoms with Gasteiger partial charge in [-0.05, 0) is 37.3 Å². The monoisotopic (exact) mass is 342 g/mol. The van der Waals surface area contributed by atoms with E-state index in [0.29, 0.717) is 10.9 Å². The van der Waals surface area contributed by atoms with E-state index in [9.17, 15) is 8.42 Å². The fourth-order valence-corrected chi connectivity index (χ4v) is 5.28. The van der Waals surface area contributed by atoms with Crippen LogP contribution < -0.4 is 10.0 Å². The van der Waals surface area contributed by atoms with Crippen molar-refractivity contribution < 1.29 is 8.42 Å².